The molecule has 0 aromatic heterocycles. The van der Waals surface area contributed by atoms with Gasteiger partial charge in [0, 0.05) is 25.3 Å². The average Bonchev–Trinajstić information content (AvgIpc) is 2.91. The lowest BCUT2D eigenvalue weighted by Gasteiger charge is -2.21. The standard InChI is InChI=1S/C14H18N4O/c1-18(10-13-6-3-7-16-13)14(19)17-12-5-2-4-11(8-12)9-15/h2,4-5,8,13,16H,3,6-7,10H2,1H3,(H,17,19). The number of hydrogen-bond acceptors (Lipinski definition) is 3. The Hall–Kier alpha value is -2.06. The first kappa shape index (κ1) is 13.4. The van der Waals surface area contributed by atoms with Gasteiger partial charge in [-0.05, 0) is 37.6 Å². The molecule has 0 saturated carbocycles. The molecule has 19 heavy (non-hydrogen) atoms. The highest BCUT2D eigenvalue weighted by molar-refractivity contribution is 5.89. The Kier molecular flexibility index (Phi) is 4.37. The second kappa shape index (κ2) is 6.21. The SMILES string of the molecule is CN(CC1CCCN1)C(=O)Nc1cccc(C#N)c1. The molecule has 0 spiro atoms. The van der Waals surface area contributed by atoms with Crippen molar-refractivity contribution in [3.63, 3.8) is 0 Å². The molecule has 0 bridgehead atoms. The zero-order chi connectivity index (χ0) is 13.7. The van der Waals surface area contributed by atoms with Crippen LogP contribution in [0.15, 0.2) is 24.3 Å². The highest BCUT2D eigenvalue weighted by atomic mass is 16.2. The van der Waals surface area contributed by atoms with Crippen LogP contribution >= 0.6 is 0 Å². The van der Waals surface area contributed by atoms with Gasteiger partial charge in [0.1, 0.15) is 0 Å². The van der Waals surface area contributed by atoms with Crippen molar-refractivity contribution >= 4 is 11.7 Å². The summed E-state index contributed by atoms with van der Waals surface area (Å²) in [5, 5.41) is 15.0. The zero-order valence-electron chi connectivity index (χ0n) is 11.0. The summed E-state index contributed by atoms with van der Waals surface area (Å²) in [6, 6.07) is 9.21. The maximum Gasteiger partial charge on any atom is 0.321 e. The van der Waals surface area contributed by atoms with Gasteiger partial charge in [-0.3, -0.25) is 0 Å². The number of nitrogens with one attached hydrogen (secondary N) is 2. The van der Waals surface area contributed by atoms with E-state index in [0.717, 1.165) is 13.0 Å². The molecule has 1 aliphatic rings. The van der Waals surface area contributed by atoms with Crippen LogP contribution in [0, 0.1) is 11.3 Å². The summed E-state index contributed by atoms with van der Waals surface area (Å²) < 4.78 is 0. The van der Waals surface area contributed by atoms with E-state index in [9.17, 15) is 4.79 Å². The van der Waals surface area contributed by atoms with Crippen LogP contribution in [0.2, 0.25) is 0 Å². The van der Waals surface area contributed by atoms with Crippen LogP contribution in [0.3, 0.4) is 0 Å². The van der Waals surface area contributed by atoms with Crippen molar-refractivity contribution in [2.24, 2.45) is 0 Å². The number of nitrogens with zero attached hydrogens (tertiary/aromatic N) is 2. The van der Waals surface area contributed by atoms with Crippen molar-refractivity contribution in [2.45, 2.75) is 18.9 Å². The summed E-state index contributed by atoms with van der Waals surface area (Å²) >= 11 is 0. The molecule has 100 valence electrons. The molecule has 5 heteroatoms. The molecule has 1 aliphatic heterocycles. The molecule has 1 fully saturated rings. The Morgan fingerprint density at radius 1 is 1.63 bits per heavy atom. The lowest BCUT2D eigenvalue weighted by molar-refractivity contribution is 0.218. The van der Waals surface area contributed by atoms with Crippen LogP contribution in [0.1, 0.15) is 18.4 Å². The van der Waals surface area contributed by atoms with Gasteiger partial charge in [-0.25, -0.2) is 4.79 Å². The van der Waals surface area contributed by atoms with Crippen molar-refractivity contribution in [2.75, 3.05) is 25.5 Å². The molecule has 1 saturated heterocycles. The van der Waals surface area contributed by atoms with E-state index in [0.29, 0.717) is 23.8 Å². The number of rotatable bonds is 3. The van der Waals surface area contributed by atoms with Crippen LogP contribution in [-0.4, -0.2) is 37.1 Å². The third kappa shape index (κ3) is 3.70. The number of amides is 2. The minimum Gasteiger partial charge on any atom is -0.326 e. The van der Waals surface area contributed by atoms with Gasteiger partial charge < -0.3 is 15.5 Å². The largest absolute Gasteiger partial charge is 0.326 e. The summed E-state index contributed by atoms with van der Waals surface area (Å²) in [6.07, 6.45) is 2.28. The highest BCUT2D eigenvalue weighted by Crippen LogP contribution is 2.11. The quantitative estimate of drug-likeness (QED) is 0.868. The lowest BCUT2D eigenvalue weighted by Crippen LogP contribution is -2.40. The minimum absolute atomic E-state index is 0.149. The summed E-state index contributed by atoms with van der Waals surface area (Å²) in [5.74, 6) is 0. The van der Waals surface area contributed by atoms with E-state index in [-0.39, 0.29) is 6.03 Å². The van der Waals surface area contributed by atoms with Crippen molar-refractivity contribution in [1.29, 1.82) is 5.26 Å². The van der Waals surface area contributed by atoms with E-state index in [1.54, 1.807) is 36.2 Å². The molecule has 1 atom stereocenters. The molecule has 2 amide bonds. The number of carbonyl (C=O) groups is 1. The Balaban J connectivity index is 1.90. The number of carbonyl (C=O) groups excluding carboxylic acids is 1. The van der Waals surface area contributed by atoms with Crippen molar-refractivity contribution < 1.29 is 4.79 Å². The molecule has 1 unspecified atom stereocenters. The fourth-order valence-corrected chi connectivity index (χ4v) is 2.21. The summed E-state index contributed by atoms with van der Waals surface area (Å²) in [7, 11) is 1.78. The van der Waals surface area contributed by atoms with E-state index >= 15 is 0 Å². The molecular formula is C14H18N4O. The third-order valence-corrected chi connectivity index (χ3v) is 3.25. The van der Waals surface area contributed by atoms with E-state index in [1.165, 1.54) is 6.42 Å². The van der Waals surface area contributed by atoms with Gasteiger partial charge in [0.15, 0.2) is 0 Å². The van der Waals surface area contributed by atoms with Crippen LogP contribution in [0.25, 0.3) is 0 Å². The normalized spacial score (nSPS) is 17.8. The number of urea groups is 1. The number of nitriles is 1. The highest BCUT2D eigenvalue weighted by Gasteiger charge is 2.18. The Morgan fingerprint density at radius 2 is 2.47 bits per heavy atom. The molecule has 1 aromatic carbocycles. The molecule has 1 heterocycles. The maximum atomic E-state index is 12.0. The number of anilines is 1. The van der Waals surface area contributed by atoms with Gasteiger partial charge >= 0.3 is 6.03 Å². The first-order valence-electron chi connectivity index (χ1n) is 6.44. The fraction of sp³-hybridized carbons (Fsp3) is 0.429. The number of likely N-dealkylation sites (N-methyl/N-ethyl adjacent to an activating group) is 1. The number of benzene rings is 1. The van der Waals surface area contributed by atoms with Crippen LogP contribution in [0.4, 0.5) is 10.5 Å². The van der Waals surface area contributed by atoms with Crippen molar-refractivity contribution in [3.8, 4) is 6.07 Å². The topological polar surface area (TPSA) is 68.2 Å². The van der Waals surface area contributed by atoms with Crippen molar-refractivity contribution in [3.05, 3.63) is 29.8 Å². The van der Waals surface area contributed by atoms with Gasteiger partial charge in [-0.2, -0.15) is 5.26 Å². The van der Waals surface area contributed by atoms with Crippen LogP contribution in [-0.2, 0) is 0 Å². The van der Waals surface area contributed by atoms with Gasteiger partial charge in [-0.1, -0.05) is 6.07 Å². The smallest absolute Gasteiger partial charge is 0.321 e. The van der Waals surface area contributed by atoms with Gasteiger partial charge in [0.05, 0.1) is 11.6 Å². The van der Waals surface area contributed by atoms with Gasteiger partial charge in [-0.15, -0.1) is 0 Å². The summed E-state index contributed by atoms with van der Waals surface area (Å²) in [6.45, 7) is 1.73. The molecular weight excluding hydrogens is 240 g/mol. The molecule has 0 aliphatic carbocycles. The van der Waals surface area contributed by atoms with Gasteiger partial charge in [0.2, 0.25) is 0 Å². The molecule has 0 radical (unpaired) electrons. The monoisotopic (exact) mass is 258 g/mol. The predicted octanol–water partition coefficient (Wildman–Crippen LogP) is 1.77. The first-order valence-corrected chi connectivity index (χ1v) is 6.44. The second-order valence-corrected chi connectivity index (χ2v) is 4.80. The minimum atomic E-state index is -0.149. The third-order valence-electron chi connectivity index (χ3n) is 3.25. The zero-order valence-corrected chi connectivity index (χ0v) is 11.0. The molecule has 2 rings (SSSR count). The molecule has 2 N–H and O–H groups in total. The van der Waals surface area contributed by atoms with Crippen molar-refractivity contribution in [1.82, 2.24) is 10.2 Å². The maximum absolute atomic E-state index is 12.0. The second-order valence-electron chi connectivity index (χ2n) is 4.80. The average molecular weight is 258 g/mol. The van der Waals surface area contributed by atoms with Crippen LogP contribution in [0.5, 0.6) is 0 Å². The lowest BCUT2D eigenvalue weighted by atomic mass is 10.2. The van der Waals surface area contributed by atoms with E-state index in [2.05, 4.69) is 16.7 Å². The van der Waals surface area contributed by atoms with E-state index < -0.39 is 0 Å². The van der Waals surface area contributed by atoms with E-state index in [4.69, 9.17) is 5.26 Å². The summed E-state index contributed by atoms with van der Waals surface area (Å²) in [5.41, 5.74) is 1.19. The predicted molar refractivity (Wildman–Crippen MR) is 73.8 cm³/mol. The van der Waals surface area contributed by atoms with E-state index in [1.807, 2.05) is 0 Å². The fourth-order valence-electron chi connectivity index (χ4n) is 2.21. The van der Waals surface area contributed by atoms with Gasteiger partial charge in [0.25, 0.3) is 0 Å². The van der Waals surface area contributed by atoms with Crippen LogP contribution < -0.4 is 10.6 Å². The number of hydrogen-bond donors (Lipinski definition) is 2. The Morgan fingerprint density at radius 3 is 3.16 bits per heavy atom. The molecule has 1 aromatic rings. The first-order chi connectivity index (χ1) is 9.19. The molecule has 5 nitrogen and oxygen atoms in total. The Labute approximate surface area is 113 Å². The Bertz CT molecular complexity index is 488. The summed E-state index contributed by atoms with van der Waals surface area (Å²) in [4.78, 5) is 13.7.